The summed E-state index contributed by atoms with van der Waals surface area (Å²) >= 11 is 0. The van der Waals surface area contributed by atoms with Gasteiger partial charge in [-0.2, -0.15) is 13.2 Å². The van der Waals surface area contributed by atoms with Crippen molar-refractivity contribution in [3.63, 3.8) is 0 Å². The average Bonchev–Trinajstić information content (AvgIpc) is 3.20. The number of alkyl halides is 3. The lowest BCUT2D eigenvalue weighted by molar-refractivity contribution is -0.140. The molecule has 2 aliphatic rings. The molecule has 2 aromatic rings. The van der Waals surface area contributed by atoms with Crippen molar-refractivity contribution in [1.29, 1.82) is 0 Å². The number of hydrogen-bond donors (Lipinski definition) is 1. The summed E-state index contributed by atoms with van der Waals surface area (Å²) in [5.74, 6) is 0.476. The van der Waals surface area contributed by atoms with E-state index < -0.39 is 24.5 Å². The van der Waals surface area contributed by atoms with Crippen molar-refractivity contribution >= 4 is 11.7 Å². The molecule has 4 rings (SSSR count). The lowest BCUT2D eigenvalue weighted by Crippen LogP contribution is -2.45. The highest BCUT2D eigenvalue weighted by Crippen LogP contribution is 2.33. The van der Waals surface area contributed by atoms with Gasteiger partial charge < -0.3 is 10.2 Å². The Morgan fingerprint density at radius 2 is 1.93 bits per heavy atom. The molecule has 5 nitrogen and oxygen atoms in total. The van der Waals surface area contributed by atoms with Crippen molar-refractivity contribution in [3.05, 3.63) is 41.6 Å². The van der Waals surface area contributed by atoms with E-state index in [4.69, 9.17) is 9.97 Å². The molecule has 0 radical (unpaired) electrons. The lowest BCUT2D eigenvalue weighted by Gasteiger charge is -2.34. The molecule has 1 fully saturated rings. The second kappa shape index (κ2) is 8.00. The van der Waals surface area contributed by atoms with Crippen LogP contribution in [0.15, 0.2) is 30.3 Å². The van der Waals surface area contributed by atoms with Crippen LogP contribution in [0, 0.1) is 5.92 Å². The van der Waals surface area contributed by atoms with Gasteiger partial charge in [0.25, 0.3) is 0 Å². The number of fused-ring (bicyclic) bond motifs is 1. The van der Waals surface area contributed by atoms with Crippen molar-refractivity contribution in [1.82, 2.24) is 15.3 Å². The molecule has 1 amide bonds. The third kappa shape index (κ3) is 4.52. The van der Waals surface area contributed by atoms with Crippen LogP contribution < -0.4 is 10.2 Å². The molecular weight excluding hydrogens is 381 g/mol. The molecule has 1 aliphatic carbocycles. The lowest BCUT2D eigenvalue weighted by atomic mass is 9.96. The zero-order valence-corrected chi connectivity index (χ0v) is 16.0. The Bertz CT molecular complexity index is 885. The van der Waals surface area contributed by atoms with Crippen molar-refractivity contribution in [2.45, 2.75) is 38.3 Å². The minimum absolute atomic E-state index is 0.376. The Hall–Kier alpha value is -2.64. The fourth-order valence-corrected chi connectivity index (χ4v) is 4.11. The first kappa shape index (κ1) is 19.7. The van der Waals surface area contributed by atoms with E-state index in [1.807, 2.05) is 35.6 Å². The summed E-state index contributed by atoms with van der Waals surface area (Å²) < 4.78 is 37.3. The highest BCUT2D eigenvalue weighted by Gasteiger charge is 2.33. The average molecular weight is 404 g/mol. The number of nitrogens with one attached hydrogen (secondary N) is 1. The molecule has 1 unspecified atom stereocenters. The molecule has 0 spiro atoms. The third-order valence-corrected chi connectivity index (χ3v) is 5.50. The monoisotopic (exact) mass is 404 g/mol. The summed E-state index contributed by atoms with van der Waals surface area (Å²) in [6.07, 6.45) is -0.279. The van der Waals surface area contributed by atoms with Gasteiger partial charge in [-0.05, 0) is 32.1 Å². The van der Waals surface area contributed by atoms with Gasteiger partial charge in [0.05, 0.1) is 5.92 Å². The van der Waals surface area contributed by atoms with Crippen molar-refractivity contribution < 1.29 is 18.0 Å². The number of anilines is 1. The molecule has 1 atom stereocenters. The summed E-state index contributed by atoms with van der Waals surface area (Å²) in [7, 11) is 0. The first-order valence-electron chi connectivity index (χ1n) is 9.95. The van der Waals surface area contributed by atoms with E-state index in [0.29, 0.717) is 18.8 Å². The molecule has 1 aromatic heterocycles. The fraction of sp³-hybridized carbons (Fsp3) is 0.476. The van der Waals surface area contributed by atoms with Crippen molar-refractivity contribution in [3.8, 4) is 11.4 Å². The predicted octanol–water partition coefficient (Wildman–Crippen LogP) is 3.53. The van der Waals surface area contributed by atoms with E-state index in [0.717, 1.165) is 54.9 Å². The van der Waals surface area contributed by atoms with Crippen LogP contribution in [0.2, 0.25) is 0 Å². The molecule has 154 valence electrons. The van der Waals surface area contributed by atoms with E-state index in [1.165, 1.54) is 0 Å². The molecule has 1 N–H and O–H groups in total. The Morgan fingerprint density at radius 3 is 2.69 bits per heavy atom. The van der Waals surface area contributed by atoms with Gasteiger partial charge in [-0.3, -0.25) is 4.79 Å². The summed E-state index contributed by atoms with van der Waals surface area (Å²) in [5, 5.41) is 2.03. The maximum absolute atomic E-state index is 12.4. The Balaban J connectivity index is 1.57. The number of rotatable bonds is 4. The first-order valence-corrected chi connectivity index (χ1v) is 9.95. The molecule has 8 heteroatoms. The van der Waals surface area contributed by atoms with Crippen LogP contribution in [-0.4, -0.2) is 41.7 Å². The molecule has 1 aliphatic heterocycles. The zero-order chi connectivity index (χ0) is 20.4. The van der Waals surface area contributed by atoms with Crippen LogP contribution in [0.25, 0.3) is 11.4 Å². The van der Waals surface area contributed by atoms with Gasteiger partial charge in [0.15, 0.2) is 5.82 Å². The fourth-order valence-electron chi connectivity index (χ4n) is 4.11. The maximum Gasteiger partial charge on any atom is 0.405 e. The predicted molar refractivity (Wildman–Crippen MR) is 103 cm³/mol. The normalized spacial score (nSPS) is 19.1. The van der Waals surface area contributed by atoms with Gasteiger partial charge in [-0.25, -0.2) is 9.97 Å². The van der Waals surface area contributed by atoms with Crippen molar-refractivity contribution in [2.75, 3.05) is 24.5 Å². The van der Waals surface area contributed by atoms with Gasteiger partial charge >= 0.3 is 6.18 Å². The van der Waals surface area contributed by atoms with Crippen LogP contribution in [-0.2, 0) is 17.6 Å². The Kier molecular flexibility index (Phi) is 5.43. The number of piperidine rings is 1. The van der Waals surface area contributed by atoms with Crippen molar-refractivity contribution in [2.24, 2.45) is 5.92 Å². The number of halogens is 3. The molecule has 1 aromatic carbocycles. The van der Waals surface area contributed by atoms with Gasteiger partial charge in [-0.1, -0.05) is 30.3 Å². The zero-order valence-electron chi connectivity index (χ0n) is 16.0. The smallest absolute Gasteiger partial charge is 0.355 e. The number of benzene rings is 1. The first-order chi connectivity index (χ1) is 13.9. The largest absolute Gasteiger partial charge is 0.405 e. The summed E-state index contributed by atoms with van der Waals surface area (Å²) in [5.41, 5.74) is 3.08. The number of amides is 1. The number of carbonyl (C=O) groups excluding carboxylic acids is 1. The van der Waals surface area contributed by atoms with Gasteiger partial charge in [0.2, 0.25) is 5.91 Å². The van der Waals surface area contributed by atoms with Gasteiger partial charge in [0, 0.05) is 29.9 Å². The SMILES string of the molecule is O=C(NCC(F)(F)F)C1CCCN(c2nc(-c3ccccc3)nc3c2CCC3)C1. The second-order valence-corrected chi connectivity index (χ2v) is 7.63. The number of aromatic nitrogens is 2. The molecule has 0 bridgehead atoms. The minimum Gasteiger partial charge on any atom is -0.355 e. The standard InChI is InChI=1S/C21H23F3N4O/c22-21(23,24)13-25-20(29)15-8-5-11-28(12-15)19-16-9-4-10-17(16)26-18(27-19)14-6-2-1-3-7-14/h1-3,6-7,15H,4-5,8-13H2,(H,25,29). The summed E-state index contributed by atoms with van der Waals surface area (Å²) in [6.45, 7) is -0.175. The van der Waals surface area contributed by atoms with Crippen LogP contribution >= 0.6 is 0 Å². The quantitative estimate of drug-likeness (QED) is 0.847. The number of aryl methyl sites for hydroxylation is 1. The molecular formula is C21H23F3N4O. The molecule has 0 saturated carbocycles. The second-order valence-electron chi connectivity index (χ2n) is 7.63. The highest BCUT2D eigenvalue weighted by molar-refractivity contribution is 5.79. The third-order valence-electron chi connectivity index (χ3n) is 5.50. The van der Waals surface area contributed by atoms with Gasteiger partial charge in [-0.15, -0.1) is 0 Å². The summed E-state index contributed by atoms with van der Waals surface area (Å²) in [6, 6.07) is 9.74. The molecule has 29 heavy (non-hydrogen) atoms. The number of carbonyl (C=O) groups is 1. The van der Waals surface area contributed by atoms with Crippen LogP contribution in [0.3, 0.4) is 0 Å². The van der Waals surface area contributed by atoms with E-state index in [2.05, 4.69) is 4.90 Å². The molecule has 2 heterocycles. The maximum atomic E-state index is 12.4. The minimum atomic E-state index is -4.40. The van der Waals surface area contributed by atoms with E-state index in [-0.39, 0.29) is 0 Å². The summed E-state index contributed by atoms with van der Waals surface area (Å²) in [4.78, 5) is 23.9. The Labute approximate surface area is 167 Å². The van der Waals surface area contributed by atoms with E-state index >= 15 is 0 Å². The Morgan fingerprint density at radius 1 is 1.14 bits per heavy atom. The van der Waals surface area contributed by atoms with Crippen LogP contribution in [0.5, 0.6) is 0 Å². The van der Waals surface area contributed by atoms with E-state index in [9.17, 15) is 18.0 Å². The highest BCUT2D eigenvalue weighted by atomic mass is 19.4. The van der Waals surface area contributed by atoms with E-state index in [1.54, 1.807) is 0 Å². The molecule has 1 saturated heterocycles. The topological polar surface area (TPSA) is 58.1 Å². The number of hydrogen-bond acceptors (Lipinski definition) is 4. The number of nitrogens with zero attached hydrogens (tertiary/aromatic N) is 3. The van der Waals surface area contributed by atoms with Crippen LogP contribution in [0.4, 0.5) is 19.0 Å². The van der Waals surface area contributed by atoms with Crippen LogP contribution in [0.1, 0.15) is 30.5 Å². The van der Waals surface area contributed by atoms with Gasteiger partial charge in [0.1, 0.15) is 12.4 Å².